The van der Waals surface area contributed by atoms with E-state index < -0.39 is 5.97 Å². The Labute approximate surface area is 195 Å². The summed E-state index contributed by atoms with van der Waals surface area (Å²) in [6.45, 7) is 3.81. The SMILES string of the molecule is COC(=O)COc1c(Br)cc(Br)cc1C=C1SC(=Nc2ccc(C)c(C)c2)NC1=O. The van der Waals surface area contributed by atoms with Crippen LogP contribution in [0, 0.1) is 13.8 Å². The number of esters is 1. The van der Waals surface area contributed by atoms with E-state index in [1.54, 1.807) is 18.2 Å². The van der Waals surface area contributed by atoms with Gasteiger partial charge in [-0.2, -0.15) is 0 Å². The molecule has 6 nitrogen and oxygen atoms in total. The minimum atomic E-state index is -0.501. The molecule has 1 heterocycles. The van der Waals surface area contributed by atoms with Crippen molar-refractivity contribution in [2.45, 2.75) is 13.8 Å². The van der Waals surface area contributed by atoms with Crippen molar-refractivity contribution in [1.82, 2.24) is 5.32 Å². The highest BCUT2D eigenvalue weighted by Crippen LogP contribution is 2.37. The highest BCUT2D eigenvalue weighted by atomic mass is 79.9. The number of carbonyl (C=O) groups is 2. The van der Waals surface area contributed by atoms with E-state index in [1.807, 2.05) is 32.0 Å². The fourth-order valence-corrected chi connectivity index (χ4v) is 4.77. The van der Waals surface area contributed by atoms with Crippen LogP contribution in [-0.4, -0.2) is 30.8 Å². The minimum absolute atomic E-state index is 0.244. The van der Waals surface area contributed by atoms with E-state index in [4.69, 9.17) is 4.74 Å². The lowest BCUT2D eigenvalue weighted by Gasteiger charge is -2.11. The van der Waals surface area contributed by atoms with Crippen molar-refractivity contribution in [3.63, 3.8) is 0 Å². The zero-order chi connectivity index (χ0) is 21.8. The fourth-order valence-electron chi connectivity index (χ4n) is 2.56. The van der Waals surface area contributed by atoms with Crippen molar-refractivity contribution in [2.24, 2.45) is 4.99 Å². The maximum atomic E-state index is 12.5. The molecule has 1 saturated heterocycles. The van der Waals surface area contributed by atoms with Crippen LogP contribution in [0.15, 0.2) is 49.2 Å². The predicted octanol–water partition coefficient (Wildman–Crippen LogP) is 5.27. The Morgan fingerprint density at radius 3 is 2.67 bits per heavy atom. The van der Waals surface area contributed by atoms with Crippen molar-refractivity contribution in [1.29, 1.82) is 0 Å². The zero-order valence-electron chi connectivity index (χ0n) is 16.4. The largest absolute Gasteiger partial charge is 0.480 e. The van der Waals surface area contributed by atoms with Crippen molar-refractivity contribution < 1.29 is 19.1 Å². The highest BCUT2D eigenvalue weighted by Gasteiger charge is 2.25. The number of benzene rings is 2. The van der Waals surface area contributed by atoms with E-state index in [9.17, 15) is 9.59 Å². The molecule has 2 aromatic rings. The van der Waals surface area contributed by atoms with E-state index in [0.29, 0.717) is 25.9 Å². The first-order valence-electron chi connectivity index (χ1n) is 8.82. The molecule has 1 N–H and O–H groups in total. The number of nitrogens with one attached hydrogen (secondary N) is 1. The first kappa shape index (κ1) is 22.6. The summed E-state index contributed by atoms with van der Waals surface area (Å²) in [6, 6.07) is 9.48. The van der Waals surface area contributed by atoms with Gasteiger partial charge in [0.1, 0.15) is 5.75 Å². The van der Waals surface area contributed by atoms with Gasteiger partial charge >= 0.3 is 5.97 Å². The number of hydrogen-bond donors (Lipinski definition) is 1. The summed E-state index contributed by atoms with van der Waals surface area (Å²) in [4.78, 5) is 28.9. The van der Waals surface area contributed by atoms with Gasteiger partial charge in [-0.15, -0.1) is 0 Å². The molecule has 0 aliphatic carbocycles. The van der Waals surface area contributed by atoms with E-state index in [1.165, 1.54) is 24.4 Å². The maximum absolute atomic E-state index is 12.5. The summed E-state index contributed by atoms with van der Waals surface area (Å²) in [5.74, 6) is -0.319. The monoisotopic (exact) mass is 552 g/mol. The summed E-state index contributed by atoms with van der Waals surface area (Å²) >= 11 is 8.11. The molecule has 1 fully saturated rings. The maximum Gasteiger partial charge on any atom is 0.343 e. The van der Waals surface area contributed by atoms with Crippen LogP contribution in [0.4, 0.5) is 5.69 Å². The van der Waals surface area contributed by atoms with Gasteiger partial charge in [-0.3, -0.25) is 4.79 Å². The van der Waals surface area contributed by atoms with Crippen molar-refractivity contribution in [2.75, 3.05) is 13.7 Å². The van der Waals surface area contributed by atoms with Crippen LogP contribution in [0.5, 0.6) is 5.75 Å². The predicted molar refractivity (Wildman–Crippen MR) is 126 cm³/mol. The number of nitrogens with zero attached hydrogens (tertiary/aromatic N) is 1. The third kappa shape index (κ3) is 5.53. The summed E-state index contributed by atoms with van der Waals surface area (Å²) in [6.07, 6.45) is 1.70. The van der Waals surface area contributed by atoms with Gasteiger partial charge in [0, 0.05) is 10.0 Å². The normalized spacial score (nSPS) is 16.1. The van der Waals surface area contributed by atoms with Gasteiger partial charge in [0.15, 0.2) is 11.8 Å². The third-order valence-corrected chi connectivity index (χ3v) is 6.21. The third-order valence-electron chi connectivity index (χ3n) is 4.26. The number of rotatable bonds is 5. The van der Waals surface area contributed by atoms with Gasteiger partial charge in [-0.1, -0.05) is 22.0 Å². The summed E-state index contributed by atoms with van der Waals surface area (Å²) in [5.41, 5.74) is 3.72. The number of hydrogen-bond acceptors (Lipinski definition) is 6. The standard InChI is InChI=1S/C21H18Br2N2O4S/c1-11-4-5-15(6-12(11)2)24-21-25-20(27)17(30-21)8-13-7-14(22)9-16(23)19(13)29-10-18(26)28-3/h4-9H,10H2,1-3H3,(H,24,25,27). The van der Waals surface area contributed by atoms with Crippen molar-refractivity contribution in [3.05, 3.63) is 60.9 Å². The summed E-state index contributed by atoms with van der Waals surface area (Å²) in [5, 5.41) is 3.28. The Balaban J connectivity index is 1.89. The number of carbonyl (C=O) groups excluding carboxylic acids is 2. The van der Waals surface area contributed by atoms with Crippen molar-refractivity contribution in [3.8, 4) is 5.75 Å². The van der Waals surface area contributed by atoms with E-state index >= 15 is 0 Å². The topological polar surface area (TPSA) is 77.0 Å². The molecular formula is C21H18Br2N2O4S. The Morgan fingerprint density at radius 1 is 1.20 bits per heavy atom. The molecule has 0 radical (unpaired) electrons. The number of aliphatic imine (C=N–C) groups is 1. The fraction of sp³-hybridized carbons (Fsp3) is 0.190. The van der Waals surface area contributed by atoms with Crippen LogP contribution in [0.25, 0.3) is 6.08 Å². The number of methoxy groups -OCH3 is 1. The van der Waals surface area contributed by atoms with Crippen molar-refractivity contribution >= 4 is 72.4 Å². The Kier molecular flexibility index (Phi) is 7.38. The number of amides is 1. The number of amidine groups is 1. The number of aryl methyl sites for hydroxylation is 2. The van der Waals surface area contributed by atoms with Crippen LogP contribution in [0.3, 0.4) is 0 Å². The number of halogens is 2. The Morgan fingerprint density at radius 2 is 1.97 bits per heavy atom. The molecule has 0 saturated carbocycles. The Bertz CT molecular complexity index is 1080. The lowest BCUT2D eigenvalue weighted by Crippen LogP contribution is -2.19. The van der Waals surface area contributed by atoms with Gasteiger partial charge in [-0.05, 0) is 83.0 Å². The minimum Gasteiger partial charge on any atom is -0.480 e. The van der Waals surface area contributed by atoms with Crippen LogP contribution < -0.4 is 10.1 Å². The smallest absolute Gasteiger partial charge is 0.343 e. The molecule has 3 rings (SSSR count). The van der Waals surface area contributed by atoms with Crippen LogP contribution in [-0.2, 0) is 14.3 Å². The molecule has 0 atom stereocenters. The van der Waals surface area contributed by atoms with Gasteiger partial charge in [-0.25, -0.2) is 9.79 Å². The van der Waals surface area contributed by atoms with Crippen LogP contribution in [0.2, 0.25) is 0 Å². The van der Waals surface area contributed by atoms with Crippen LogP contribution >= 0.6 is 43.6 Å². The van der Waals surface area contributed by atoms with Gasteiger partial charge in [0.05, 0.1) is 22.2 Å². The summed E-state index contributed by atoms with van der Waals surface area (Å²) < 4.78 is 11.7. The van der Waals surface area contributed by atoms with E-state index in [-0.39, 0.29) is 12.5 Å². The second kappa shape index (κ2) is 9.80. The molecule has 9 heteroatoms. The Hall–Kier alpha value is -2.10. The molecule has 1 aliphatic heterocycles. The van der Waals surface area contributed by atoms with Gasteiger partial charge in [0.2, 0.25) is 0 Å². The van der Waals surface area contributed by atoms with Crippen LogP contribution in [0.1, 0.15) is 16.7 Å². The number of ether oxygens (including phenoxy) is 2. The molecule has 2 aromatic carbocycles. The average molecular weight is 554 g/mol. The molecule has 156 valence electrons. The molecule has 0 aromatic heterocycles. The van der Waals surface area contributed by atoms with E-state index in [2.05, 4.69) is 46.9 Å². The molecular weight excluding hydrogens is 536 g/mol. The van der Waals surface area contributed by atoms with E-state index in [0.717, 1.165) is 15.7 Å². The van der Waals surface area contributed by atoms with Gasteiger partial charge < -0.3 is 14.8 Å². The molecule has 0 bridgehead atoms. The lowest BCUT2D eigenvalue weighted by atomic mass is 10.1. The molecule has 0 spiro atoms. The molecule has 1 aliphatic rings. The second-order valence-corrected chi connectivity index (χ2v) is 9.22. The number of thioether (sulfide) groups is 1. The lowest BCUT2D eigenvalue weighted by molar-refractivity contribution is -0.142. The second-order valence-electron chi connectivity index (χ2n) is 6.42. The highest BCUT2D eigenvalue weighted by molar-refractivity contribution is 9.11. The molecule has 1 amide bonds. The average Bonchev–Trinajstić information content (AvgIpc) is 3.02. The summed E-state index contributed by atoms with van der Waals surface area (Å²) in [7, 11) is 1.29. The molecule has 0 unspecified atom stereocenters. The van der Waals surface area contributed by atoms with Gasteiger partial charge in [0.25, 0.3) is 5.91 Å². The zero-order valence-corrected chi connectivity index (χ0v) is 20.4. The first-order valence-corrected chi connectivity index (χ1v) is 11.2. The first-order chi connectivity index (χ1) is 14.3. The molecule has 30 heavy (non-hydrogen) atoms. The quantitative estimate of drug-likeness (QED) is 0.403.